The molecular formula is C34H46N4O6. The molecule has 2 fully saturated rings. The number of carboxylic acid groups (broad SMARTS) is 1. The van der Waals surface area contributed by atoms with E-state index < -0.39 is 23.0 Å². The standard InChI is InChI=1S/C34H46N4O6/c1-4-16-37(34(41)44-23-25-10-12-30(13-11-25)38(42)43)29-14-17-36(18-15-29)22-27-20-28(35-32(33(39)40)19-24(2)3)21-31(27)26-8-6-5-7-9-26/h4-13,24,27-29,31-32,35H,1,14-23H2,2-3H3,(H,39,40)/t27?,28?,31?,32-/m1/s1. The molecule has 1 saturated heterocycles. The Hall–Kier alpha value is -3.76. The third-order valence-corrected chi connectivity index (χ3v) is 8.92. The number of carboxylic acids is 1. The molecule has 1 aliphatic heterocycles. The molecule has 4 atom stereocenters. The maximum absolute atomic E-state index is 13.1. The van der Waals surface area contributed by atoms with Gasteiger partial charge < -0.3 is 25.0 Å². The Balaban J connectivity index is 1.34. The summed E-state index contributed by atoms with van der Waals surface area (Å²) in [5.41, 5.74) is 1.99. The fourth-order valence-electron chi connectivity index (χ4n) is 6.77. The van der Waals surface area contributed by atoms with Crippen LogP contribution in [0.3, 0.4) is 0 Å². The van der Waals surface area contributed by atoms with Crippen molar-refractivity contribution in [2.45, 2.75) is 76.6 Å². The zero-order valence-electron chi connectivity index (χ0n) is 25.8. The molecule has 1 aliphatic carbocycles. The smallest absolute Gasteiger partial charge is 0.410 e. The maximum Gasteiger partial charge on any atom is 0.410 e. The van der Waals surface area contributed by atoms with Crippen molar-refractivity contribution in [3.63, 3.8) is 0 Å². The maximum atomic E-state index is 13.1. The van der Waals surface area contributed by atoms with Gasteiger partial charge >= 0.3 is 12.1 Å². The van der Waals surface area contributed by atoms with E-state index in [9.17, 15) is 24.8 Å². The average Bonchev–Trinajstić information content (AvgIpc) is 3.41. The molecule has 0 spiro atoms. The first-order valence-electron chi connectivity index (χ1n) is 15.7. The van der Waals surface area contributed by atoms with Crippen molar-refractivity contribution in [1.82, 2.24) is 15.1 Å². The molecule has 2 aromatic rings. The minimum absolute atomic E-state index is 0.00446. The predicted octanol–water partition coefficient (Wildman–Crippen LogP) is 5.84. The number of carbonyl (C=O) groups is 2. The third-order valence-electron chi connectivity index (χ3n) is 8.92. The number of hydrogen-bond donors (Lipinski definition) is 2. The topological polar surface area (TPSA) is 125 Å². The third kappa shape index (κ3) is 9.12. The normalized spacial score (nSPS) is 21.6. The van der Waals surface area contributed by atoms with Crippen LogP contribution in [-0.4, -0.2) is 76.2 Å². The van der Waals surface area contributed by atoms with Gasteiger partial charge in [-0.15, -0.1) is 6.58 Å². The molecule has 0 bridgehead atoms. The summed E-state index contributed by atoms with van der Waals surface area (Å²) in [5, 5.41) is 24.2. The summed E-state index contributed by atoms with van der Waals surface area (Å²) >= 11 is 0. The zero-order valence-corrected chi connectivity index (χ0v) is 25.8. The first-order valence-corrected chi connectivity index (χ1v) is 15.7. The Morgan fingerprint density at radius 3 is 2.41 bits per heavy atom. The summed E-state index contributed by atoms with van der Waals surface area (Å²) in [6.45, 7) is 11.0. The summed E-state index contributed by atoms with van der Waals surface area (Å²) in [6.07, 6.45) is 5.39. The summed E-state index contributed by atoms with van der Waals surface area (Å²) in [7, 11) is 0. The summed E-state index contributed by atoms with van der Waals surface area (Å²) in [4.78, 5) is 39.7. The number of aliphatic carboxylic acids is 1. The molecule has 1 heterocycles. The lowest BCUT2D eigenvalue weighted by Crippen LogP contribution is -2.48. The van der Waals surface area contributed by atoms with E-state index in [4.69, 9.17) is 4.74 Å². The highest BCUT2D eigenvalue weighted by Crippen LogP contribution is 2.41. The summed E-state index contributed by atoms with van der Waals surface area (Å²) in [5.74, 6) is 0.269. The van der Waals surface area contributed by atoms with Crippen LogP contribution in [0.2, 0.25) is 0 Å². The van der Waals surface area contributed by atoms with E-state index in [0.29, 0.717) is 36.3 Å². The van der Waals surface area contributed by atoms with Crippen LogP contribution in [0.25, 0.3) is 0 Å². The number of nitrogens with one attached hydrogen (secondary N) is 1. The van der Waals surface area contributed by atoms with Crippen LogP contribution < -0.4 is 5.32 Å². The van der Waals surface area contributed by atoms with Crippen LogP contribution >= 0.6 is 0 Å². The molecule has 3 unspecified atom stereocenters. The zero-order chi connectivity index (χ0) is 31.6. The predicted molar refractivity (Wildman–Crippen MR) is 169 cm³/mol. The molecule has 2 N–H and O–H groups in total. The minimum atomic E-state index is -0.782. The van der Waals surface area contributed by atoms with Gasteiger partial charge in [-0.05, 0) is 73.1 Å². The number of nitrogens with zero attached hydrogens (tertiary/aromatic N) is 3. The quantitative estimate of drug-likeness (QED) is 0.156. The first kappa shape index (κ1) is 33.1. The molecule has 0 radical (unpaired) electrons. The number of amides is 1. The monoisotopic (exact) mass is 606 g/mol. The van der Waals surface area contributed by atoms with E-state index in [1.54, 1.807) is 23.1 Å². The summed E-state index contributed by atoms with van der Waals surface area (Å²) < 4.78 is 5.59. The number of piperidine rings is 1. The van der Waals surface area contributed by atoms with Crippen molar-refractivity contribution in [2.75, 3.05) is 26.2 Å². The van der Waals surface area contributed by atoms with Gasteiger partial charge in [-0.2, -0.15) is 0 Å². The van der Waals surface area contributed by atoms with E-state index in [0.717, 1.165) is 45.3 Å². The number of ether oxygens (including phenoxy) is 1. The van der Waals surface area contributed by atoms with Gasteiger partial charge in [0.2, 0.25) is 0 Å². The summed E-state index contributed by atoms with van der Waals surface area (Å²) in [6, 6.07) is 16.2. The minimum Gasteiger partial charge on any atom is -0.480 e. The van der Waals surface area contributed by atoms with Crippen molar-refractivity contribution in [3.8, 4) is 0 Å². The van der Waals surface area contributed by atoms with Gasteiger partial charge in [0.1, 0.15) is 12.6 Å². The molecule has 10 heteroatoms. The van der Waals surface area contributed by atoms with E-state index in [2.05, 4.69) is 54.9 Å². The Morgan fingerprint density at radius 2 is 1.82 bits per heavy atom. The highest BCUT2D eigenvalue weighted by Gasteiger charge is 2.39. The number of likely N-dealkylation sites (tertiary alicyclic amines) is 1. The molecule has 4 rings (SSSR count). The van der Waals surface area contributed by atoms with Crippen molar-refractivity contribution in [3.05, 3.63) is 88.5 Å². The van der Waals surface area contributed by atoms with Gasteiger partial charge in [-0.1, -0.05) is 50.3 Å². The van der Waals surface area contributed by atoms with Crippen LogP contribution in [0.5, 0.6) is 0 Å². The Kier molecular flexibility index (Phi) is 11.9. The first-order chi connectivity index (χ1) is 21.1. The molecule has 0 aromatic heterocycles. The second-order valence-corrected chi connectivity index (χ2v) is 12.6. The number of hydrogen-bond acceptors (Lipinski definition) is 7. The SMILES string of the molecule is C=CCN(C(=O)OCc1ccc([N+](=O)[O-])cc1)C1CCN(CC2CC(N[C@H](CC(C)C)C(=O)O)CC2c2ccccc2)CC1. The van der Waals surface area contributed by atoms with Gasteiger partial charge in [-0.25, -0.2) is 4.79 Å². The Labute approximate surface area is 260 Å². The van der Waals surface area contributed by atoms with E-state index in [1.165, 1.54) is 17.7 Å². The average molecular weight is 607 g/mol. The van der Waals surface area contributed by atoms with Crippen molar-refractivity contribution in [1.29, 1.82) is 0 Å². The van der Waals surface area contributed by atoms with Crippen LogP contribution in [-0.2, 0) is 16.1 Å². The molecular weight excluding hydrogens is 560 g/mol. The van der Waals surface area contributed by atoms with Crippen molar-refractivity contribution < 1.29 is 24.4 Å². The molecule has 2 aromatic carbocycles. The number of benzene rings is 2. The molecule has 44 heavy (non-hydrogen) atoms. The van der Waals surface area contributed by atoms with Gasteiger partial charge in [0, 0.05) is 50.4 Å². The molecule has 10 nitrogen and oxygen atoms in total. The lowest BCUT2D eigenvalue weighted by atomic mass is 9.88. The van der Waals surface area contributed by atoms with Crippen LogP contribution in [0.4, 0.5) is 10.5 Å². The second kappa shape index (κ2) is 15.8. The van der Waals surface area contributed by atoms with Crippen molar-refractivity contribution in [2.24, 2.45) is 11.8 Å². The molecule has 1 amide bonds. The Bertz CT molecular complexity index is 1250. The van der Waals surface area contributed by atoms with Crippen LogP contribution in [0, 0.1) is 22.0 Å². The fraction of sp³-hybridized carbons (Fsp3) is 0.529. The molecule has 2 aliphatic rings. The fourth-order valence-corrected chi connectivity index (χ4v) is 6.77. The lowest BCUT2D eigenvalue weighted by molar-refractivity contribution is -0.384. The number of non-ortho nitro benzene ring substituents is 1. The number of carbonyl (C=O) groups excluding carboxylic acids is 1. The van der Waals surface area contributed by atoms with E-state index >= 15 is 0 Å². The lowest BCUT2D eigenvalue weighted by Gasteiger charge is -2.39. The van der Waals surface area contributed by atoms with Crippen LogP contribution in [0.1, 0.15) is 63.0 Å². The van der Waals surface area contributed by atoms with Crippen molar-refractivity contribution >= 4 is 17.7 Å². The van der Waals surface area contributed by atoms with Gasteiger partial charge in [0.15, 0.2) is 0 Å². The van der Waals surface area contributed by atoms with Gasteiger partial charge in [0.25, 0.3) is 5.69 Å². The van der Waals surface area contributed by atoms with Gasteiger partial charge in [-0.3, -0.25) is 14.9 Å². The number of rotatable bonds is 14. The van der Waals surface area contributed by atoms with Crippen LogP contribution in [0.15, 0.2) is 67.3 Å². The highest BCUT2D eigenvalue weighted by atomic mass is 16.6. The number of nitro groups is 1. The van der Waals surface area contributed by atoms with Gasteiger partial charge in [0.05, 0.1) is 4.92 Å². The largest absolute Gasteiger partial charge is 0.480 e. The molecule has 238 valence electrons. The molecule has 1 saturated carbocycles. The second-order valence-electron chi connectivity index (χ2n) is 12.6. The van der Waals surface area contributed by atoms with E-state index in [-0.39, 0.29) is 24.4 Å². The number of nitro benzene ring substituents is 1. The Morgan fingerprint density at radius 1 is 1.14 bits per heavy atom. The highest BCUT2D eigenvalue weighted by molar-refractivity contribution is 5.73. The van der Waals surface area contributed by atoms with E-state index in [1.807, 2.05) is 6.07 Å².